The summed E-state index contributed by atoms with van der Waals surface area (Å²) in [5.74, 6) is -4.72. The average Bonchev–Trinajstić information content (AvgIpc) is 3.44. The molecule has 1 saturated heterocycles. The Labute approximate surface area is 270 Å². The van der Waals surface area contributed by atoms with Gasteiger partial charge in [0, 0.05) is 30.7 Å². The van der Waals surface area contributed by atoms with Gasteiger partial charge in [-0.25, -0.2) is 4.99 Å². The number of Topliss-reactive ketones (excluding diaryl/α,β-unsaturated/α-hetero) is 1. The molecule has 1 amide bonds. The van der Waals surface area contributed by atoms with Crippen LogP contribution in [0.15, 0.2) is 29.4 Å². The van der Waals surface area contributed by atoms with Gasteiger partial charge in [0.25, 0.3) is 0 Å². The minimum absolute atomic E-state index is 0.0726. The van der Waals surface area contributed by atoms with Crippen molar-refractivity contribution in [2.45, 2.75) is 70.3 Å². The third-order valence-electron chi connectivity index (χ3n) is 6.78. The molecule has 1 aromatic carbocycles. The van der Waals surface area contributed by atoms with E-state index in [1.54, 1.807) is 13.0 Å². The van der Waals surface area contributed by atoms with Crippen LogP contribution in [0.1, 0.15) is 57.4 Å². The molecule has 10 nitrogen and oxygen atoms in total. The van der Waals surface area contributed by atoms with Crippen LogP contribution in [0.25, 0.3) is 5.70 Å². The van der Waals surface area contributed by atoms with Crippen molar-refractivity contribution in [1.29, 1.82) is 0 Å². The van der Waals surface area contributed by atoms with E-state index in [1.165, 1.54) is 4.90 Å². The number of carboxylic acids is 2. The molecule has 0 saturated carbocycles. The normalized spacial score (nSPS) is 18.5. The van der Waals surface area contributed by atoms with Crippen molar-refractivity contribution in [3.8, 4) is 0 Å². The van der Waals surface area contributed by atoms with E-state index < -0.39 is 24.3 Å². The first kappa shape index (κ1) is 40.8. The molecule has 2 aliphatic rings. The zero-order valence-electron chi connectivity index (χ0n) is 24.8. The quantitative estimate of drug-likeness (QED) is 0.241. The highest BCUT2D eigenvalue weighted by molar-refractivity contribution is 6.42. The fraction of sp³-hybridized carbons (Fsp3) is 0.536. The Morgan fingerprint density at radius 1 is 0.978 bits per heavy atom. The zero-order chi connectivity index (χ0) is 35.2. The Hall–Kier alpha value is -3.21. The fourth-order valence-electron chi connectivity index (χ4n) is 4.26. The molecule has 4 N–H and O–H groups in total. The van der Waals surface area contributed by atoms with Crippen LogP contribution in [0.3, 0.4) is 0 Å². The van der Waals surface area contributed by atoms with Crippen molar-refractivity contribution in [1.82, 2.24) is 5.32 Å². The summed E-state index contributed by atoms with van der Waals surface area (Å²) in [6, 6.07) is 5.40. The molecule has 1 atom stereocenters. The first-order valence-corrected chi connectivity index (χ1v) is 14.7. The number of alkyl halides is 6. The molecular weight excluding hydrogens is 673 g/mol. The van der Waals surface area contributed by atoms with Crippen molar-refractivity contribution in [2.24, 2.45) is 10.9 Å². The summed E-state index contributed by atoms with van der Waals surface area (Å²) in [7, 11) is 2.18. The molecule has 2 aliphatic heterocycles. The number of rotatable bonds is 10. The summed E-state index contributed by atoms with van der Waals surface area (Å²) in [5.41, 5.74) is 1.90. The number of nitrogens with zero attached hydrogens (tertiary/aromatic N) is 1. The van der Waals surface area contributed by atoms with E-state index in [4.69, 9.17) is 43.0 Å². The molecule has 46 heavy (non-hydrogen) atoms. The number of quaternary nitrogens is 2. The lowest BCUT2D eigenvalue weighted by Gasteiger charge is -2.27. The minimum atomic E-state index is -5.19. The highest BCUT2D eigenvalue weighted by atomic mass is 35.5. The number of halogens is 8. The third-order valence-corrected chi connectivity index (χ3v) is 7.52. The van der Waals surface area contributed by atoms with Crippen molar-refractivity contribution in [3.05, 3.63) is 40.0 Å². The van der Waals surface area contributed by atoms with Crippen LogP contribution in [0.5, 0.6) is 0 Å². The fourth-order valence-corrected chi connectivity index (χ4v) is 4.56. The van der Waals surface area contributed by atoms with Crippen LogP contribution in [0, 0.1) is 5.92 Å². The number of carbonyl (C=O) groups excluding carboxylic acids is 4. The molecule has 0 bridgehead atoms. The molecule has 0 aromatic heterocycles. The number of nitrogens with two attached hydrogens (primary N) is 1. The number of hydrogen-bond acceptors (Lipinski definition) is 7. The summed E-state index contributed by atoms with van der Waals surface area (Å²) < 4.78 is 63.1. The number of carboxylic acid groups (broad SMARTS) is 2. The number of nitrogens with one attached hydrogen (secondary N) is 2. The number of hydrogen-bond donors (Lipinski definition) is 3. The molecule has 1 aromatic rings. The van der Waals surface area contributed by atoms with E-state index in [0.29, 0.717) is 16.5 Å². The van der Waals surface area contributed by atoms with Crippen LogP contribution >= 0.6 is 23.2 Å². The number of benzene rings is 1. The molecular formula is C28H34Cl2F6N4O6. The first-order chi connectivity index (χ1) is 21.2. The van der Waals surface area contributed by atoms with Crippen molar-refractivity contribution in [3.63, 3.8) is 0 Å². The molecule has 0 radical (unpaired) electrons. The number of amides is 1. The van der Waals surface area contributed by atoms with E-state index >= 15 is 0 Å². The van der Waals surface area contributed by atoms with Gasteiger partial charge < -0.3 is 34.8 Å². The predicted molar refractivity (Wildman–Crippen MR) is 151 cm³/mol. The number of ketones is 1. The molecule has 3 rings (SSSR count). The number of aliphatic imine (C=N–C) groups is 1. The van der Waals surface area contributed by atoms with Gasteiger partial charge in [-0.3, -0.25) is 10.1 Å². The zero-order valence-corrected chi connectivity index (χ0v) is 26.3. The number of likely N-dealkylation sites (tertiary alicyclic amines) is 1. The number of carbonyl (C=O) groups is 4. The molecule has 2 heterocycles. The first-order valence-electron chi connectivity index (χ1n) is 14.0. The van der Waals surface area contributed by atoms with Gasteiger partial charge in [-0.2, -0.15) is 26.3 Å². The maximum absolute atomic E-state index is 13.0. The van der Waals surface area contributed by atoms with Crippen LogP contribution < -0.4 is 25.7 Å². The lowest BCUT2D eigenvalue weighted by molar-refractivity contribution is -0.885. The Balaban J connectivity index is 0.000000629. The van der Waals surface area contributed by atoms with Crippen molar-refractivity contribution in [2.75, 3.05) is 20.1 Å². The van der Waals surface area contributed by atoms with Gasteiger partial charge in [-0.1, -0.05) is 36.0 Å². The van der Waals surface area contributed by atoms with Crippen LogP contribution in [-0.2, 0) is 19.2 Å². The van der Waals surface area contributed by atoms with Gasteiger partial charge in [0.15, 0.2) is 5.70 Å². The molecule has 0 spiro atoms. The Morgan fingerprint density at radius 2 is 1.52 bits per heavy atom. The molecule has 18 heteroatoms. The topological polar surface area (TPSA) is 160 Å². The third kappa shape index (κ3) is 15.4. The number of aliphatic carboxylic acids is 2. The largest absolute Gasteiger partial charge is 0.542 e. The van der Waals surface area contributed by atoms with Gasteiger partial charge in [0.1, 0.15) is 23.8 Å². The summed E-state index contributed by atoms with van der Waals surface area (Å²) in [5, 5.41) is 23.9. The van der Waals surface area contributed by atoms with E-state index in [-0.39, 0.29) is 23.7 Å². The highest BCUT2D eigenvalue weighted by Gasteiger charge is 2.32. The van der Waals surface area contributed by atoms with Crippen molar-refractivity contribution < 1.29 is 66.0 Å². The summed E-state index contributed by atoms with van der Waals surface area (Å²) in [4.78, 5) is 47.9. The summed E-state index contributed by atoms with van der Waals surface area (Å²) in [6.45, 7) is 3.69. The Kier molecular flexibility index (Phi) is 16.7. The van der Waals surface area contributed by atoms with E-state index in [9.17, 15) is 35.9 Å². The number of unbranched alkanes of at least 4 members (excludes halogenated alkanes) is 2. The van der Waals surface area contributed by atoms with Gasteiger partial charge in [0.2, 0.25) is 11.7 Å². The smallest absolute Gasteiger partial charge is 0.430 e. The second kappa shape index (κ2) is 18.8. The standard InChI is InChI=1S/C24H32Cl2N4O2.2C2HF3O2/c1-16(31)6-4-3-5-7-21(29-24(32)17-10-12-30(2)13-11-17)23-27-15-22(28-23)18-8-9-19(25)20(26)14-18;2*3-2(4,5)1(6)7/h8-9,14-15,17,21H,3-7,10-13H2,1-2H3,(H,27,28)(H,29,32);2*(H,6,7). The SMILES string of the molecule is CC(=O)CCCCCC(NC(=O)C1CC[NH+](C)CC1)C1=NC=C(c2ccc(Cl)c(Cl)c2)[NH2+]1.O=C([O-])C(F)(F)F.O=C([O-])C(F)(F)F. The van der Waals surface area contributed by atoms with E-state index in [1.807, 2.05) is 23.6 Å². The molecule has 0 aliphatic carbocycles. The number of piperidine rings is 1. The summed E-state index contributed by atoms with van der Waals surface area (Å²) in [6.07, 6.45) is -2.52. The number of amidine groups is 1. The maximum Gasteiger partial charge on any atom is 0.430 e. The highest BCUT2D eigenvalue weighted by Crippen LogP contribution is 2.25. The second-order valence-corrected chi connectivity index (χ2v) is 11.4. The second-order valence-electron chi connectivity index (χ2n) is 10.6. The van der Waals surface area contributed by atoms with Gasteiger partial charge >= 0.3 is 12.4 Å². The van der Waals surface area contributed by atoms with Crippen LogP contribution in [0.4, 0.5) is 26.3 Å². The molecule has 1 unspecified atom stereocenters. The van der Waals surface area contributed by atoms with Gasteiger partial charge in [-0.05, 0) is 38.0 Å². The predicted octanol–water partition coefficient (Wildman–Crippen LogP) is 0.814. The van der Waals surface area contributed by atoms with Crippen molar-refractivity contribution >= 4 is 58.4 Å². The van der Waals surface area contributed by atoms with Gasteiger partial charge in [-0.15, -0.1) is 0 Å². The Bertz CT molecular complexity index is 1260. The van der Waals surface area contributed by atoms with Crippen LogP contribution in [0.2, 0.25) is 10.0 Å². The Morgan fingerprint density at radius 3 is 2.00 bits per heavy atom. The maximum atomic E-state index is 13.0. The van der Waals surface area contributed by atoms with E-state index in [2.05, 4.69) is 17.4 Å². The van der Waals surface area contributed by atoms with E-state index in [0.717, 1.165) is 68.7 Å². The average molecular weight is 707 g/mol. The monoisotopic (exact) mass is 706 g/mol. The lowest BCUT2D eigenvalue weighted by Crippen LogP contribution is -3.10. The minimum Gasteiger partial charge on any atom is -0.542 e. The van der Waals surface area contributed by atoms with Gasteiger partial charge in [0.05, 0.1) is 36.4 Å². The molecule has 258 valence electrons. The summed E-state index contributed by atoms with van der Waals surface area (Å²) >= 11 is 12.2. The van der Waals surface area contributed by atoms with Crippen LogP contribution in [-0.4, -0.2) is 68.0 Å². The lowest BCUT2D eigenvalue weighted by atomic mass is 9.95. The molecule has 1 fully saturated rings.